The molecule has 0 saturated carbocycles. The van der Waals surface area contributed by atoms with Crippen molar-refractivity contribution in [2.24, 2.45) is 0 Å². The van der Waals surface area contributed by atoms with Crippen LogP contribution in [0.3, 0.4) is 0 Å². The van der Waals surface area contributed by atoms with Crippen molar-refractivity contribution in [1.29, 1.82) is 0 Å². The zero-order chi connectivity index (χ0) is 19.8. The molecule has 11 heteroatoms. The van der Waals surface area contributed by atoms with Crippen molar-refractivity contribution in [3.63, 3.8) is 0 Å². The van der Waals surface area contributed by atoms with Crippen LogP contribution in [0.5, 0.6) is 5.75 Å². The van der Waals surface area contributed by atoms with Crippen molar-refractivity contribution in [2.75, 3.05) is 6.26 Å². The van der Waals surface area contributed by atoms with Crippen LogP contribution in [0, 0.1) is 0 Å². The molecule has 2 aromatic heterocycles. The van der Waals surface area contributed by atoms with Crippen molar-refractivity contribution in [1.82, 2.24) is 14.5 Å². The van der Waals surface area contributed by atoms with E-state index >= 15 is 0 Å². The van der Waals surface area contributed by atoms with E-state index in [0.717, 1.165) is 18.4 Å². The number of rotatable bonds is 4. The van der Waals surface area contributed by atoms with Crippen molar-refractivity contribution in [3.8, 4) is 22.8 Å². The zero-order valence-electron chi connectivity index (χ0n) is 13.6. The molecule has 0 radical (unpaired) electrons. The van der Waals surface area contributed by atoms with Gasteiger partial charge in [0, 0.05) is 18.0 Å². The van der Waals surface area contributed by atoms with E-state index in [4.69, 9.17) is 11.6 Å². The summed E-state index contributed by atoms with van der Waals surface area (Å²) in [6.07, 6.45) is -1.15. The molecule has 0 atom stereocenters. The van der Waals surface area contributed by atoms with Gasteiger partial charge < -0.3 is 4.74 Å². The van der Waals surface area contributed by atoms with E-state index in [9.17, 15) is 21.6 Å². The van der Waals surface area contributed by atoms with E-state index in [1.165, 1.54) is 41.4 Å². The number of imidazole rings is 1. The molecule has 6 nitrogen and oxygen atoms in total. The van der Waals surface area contributed by atoms with Gasteiger partial charge in [-0.05, 0) is 36.4 Å². The zero-order valence-corrected chi connectivity index (χ0v) is 15.2. The van der Waals surface area contributed by atoms with Crippen LogP contribution in [0.25, 0.3) is 17.1 Å². The lowest BCUT2D eigenvalue weighted by Gasteiger charge is -2.11. The minimum Gasteiger partial charge on any atom is -0.406 e. The first kappa shape index (κ1) is 19.2. The summed E-state index contributed by atoms with van der Waals surface area (Å²) in [7, 11) is -3.40. The van der Waals surface area contributed by atoms with Crippen molar-refractivity contribution in [2.45, 2.75) is 11.3 Å². The van der Waals surface area contributed by atoms with Gasteiger partial charge in [0.2, 0.25) is 0 Å². The quantitative estimate of drug-likeness (QED) is 0.644. The Morgan fingerprint density at radius 3 is 2.26 bits per heavy atom. The summed E-state index contributed by atoms with van der Waals surface area (Å²) in [5, 5.41) is 0.105. The molecule has 142 valence electrons. The summed E-state index contributed by atoms with van der Waals surface area (Å²) >= 11 is 6.11. The Hall–Kier alpha value is -2.59. The standard InChI is InChI=1S/C16H11ClF3N3O3S/c1-27(24,25)12-6-7-13(21-8-12)23-9-22-15(17)14(23)10-2-4-11(5-3-10)26-16(18,19)20/h2-9H,1H3. The molecule has 2 heterocycles. The Labute approximate surface area is 157 Å². The smallest absolute Gasteiger partial charge is 0.406 e. The summed E-state index contributed by atoms with van der Waals surface area (Å²) in [4.78, 5) is 8.12. The van der Waals surface area contributed by atoms with Crippen LogP contribution in [0.15, 0.2) is 53.8 Å². The van der Waals surface area contributed by atoms with Crippen LogP contribution in [-0.2, 0) is 9.84 Å². The van der Waals surface area contributed by atoms with Gasteiger partial charge in [-0.3, -0.25) is 4.57 Å². The highest BCUT2D eigenvalue weighted by Crippen LogP contribution is 2.31. The molecular weight excluding hydrogens is 407 g/mol. The van der Waals surface area contributed by atoms with Gasteiger partial charge in [-0.25, -0.2) is 18.4 Å². The topological polar surface area (TPSA) is 74.1 Å². The van der Waals surface area contributed by atoms with Gasteiger partial charge in [0.05, 0.1) is 10.6 Å². The first-order valence-corrected chi connectivity index (χ1v) is 9.57. The highest BCUT2D eigenvalue weighted by molar-refractivity contribution is 7.90. The number of sulfone groups is 1. The number of ether oxygens (including phenoxy) is 1. The molecule has 3 rings (SSSR count). The number of aromatic nitrogens is 3. The van der Waals surface area contributed by atoms with E-state index in [-0.39, 0.29) is 15.8 Å². The van der Waals surface area contributed by atoms with Crippen LogP contribution >= 0.6 is 11.6 Å². The Bertz CT molecular complexity index is 1060. The molecule has 3 aromatic rings. The number of nitrogens with zero attached hydrogens (tertiary/aromatic N) is 3. The van der Waals surface area contributed by atoms with E-state index < -0.39 is 16.2 Å². The van der Waals surface area contributed by atoms with Crippen LogP contribution in [0.1, 0.15) is 0 Å². The summed E-state index contributed by atoms with van der Waals surface area (Å²) < 4.78 is 65.2. The fourth-order valence-corrected chi connectivity index (χ4v) is 3.11. The van der Waals surface area contributed by atoms with Crippen LogP contribution in [-0.4, -0.2) is 35.6 Å². The molecule has 1 aromatic carbocycles. The second kappa shape index (κ2) is 6.86. The van der Waals surface area contributed by atoms with Gasteiger partial charge in [-0.2, -0.15) is 0 Å². The molecule has 0 aliphatic rings. The molecule has 0 amide bonds. The highest BCUT2D eigenvalue weighted by Gasteiger charge is 2.31. The number of hydrogen-bond acceptors (Lipinski definition) is 5. The Morgan fingerprint density at radius 1 is 1.07 bits per heavy atom. The largest absolute Gasteiger partial charge is 0.573 e. The van der Waals surface area contributed by atoms with Crippen molar-refractivity contribution >= 4 is 21.4 Å². The van der Waals surface area contributed by atoms with Gasteiger partial charge in [0.15, 0.2) is 15.0 Å². The van der Waals surface area contributed by atoms with Gasteiger partial charge in [-0.1, -0.05) is 11.6 Å². The third kappa shape index (κ3) is 4.40. The maximum Gasteiger partial charge on any atom is 0.573 e. The number of alkyl halides is 3. The molecule has 0 saturated heterocycles. The summed E-state index contributed by atoms with van der Waals surface area (Å²) in [6.45, 7) is 0. The Kier molecular flexibility index (Phi) is 4.87. The minimum absolute atomic E-state index is 0.0488. The number of pyridine rings is 1. The second-order valence-corrected chi connectivity index (χ2v) is 7.82. The highest BCUT2D eigenvalue weighted by atomic mass is 35.5. The van der Waals surface area contributed by atoms with Gasteiger partial charge >= 0.3 is 6.36 Å². The van der Waals surface area contributed by atoms with E-state index in [1.54, 1.807) is 0 Å². The Balaban J connectivity index is 1.98. The third-order valence-corrected chi connectivity index (χ3v) is 4.85. The Morgan fingerprint density at radius 2 is 1.74 bits per heavy atom. The molecule has 0 N–H and O–H groups in total. The van der Waals surface area contributed by atoms with E-state index in [1.807, 2.05) is 0 Å². The van der Waals surface area contributed by atoms with Crippen LogP contribution in [0.2, 0.25) is 5.15 Å². The molecule has 0 aliphatic heterocycles. The lowest BCUT2D eigenvalue weighted by molar-refractivity contribution is -0.274. The first-order chi connectivity index (χ1) is 12.5. The van der Waals surface area contributed by atoms with Crippen LogP contribution < -0.4 is 4.74 Å². The van der Waals surface area contributed by atoms with Gasteiger partial charge in [0.1, 0.15) is 17.9 Å². The third-order valence-electron chi connectivity index (χ3n) is 3.48. The minimum atomic E-state index is -4.79. The molecule has 0 fully saturated rings. The molecule has 0 bridgehead atoms. The van der Waals surface area contributed by atoms with Gasteiger partial charge in [0.25, 0.3) is 0 Å². The normalized spacial score (nSPS) is 12.2. The molecule has 0 unspecified atom stereocenters. The lowest BCUT2D eigenvalue weighted by atomic mass is 10.1. The molecular formula is C16H11ClF3N3O3S. The molecule has 0 spiro atoms. The predicted octanol–water partition coefficient (Wildman–Crippen LogP) is 3.89. The lowest BCUT2D eigenvalue weighted by Crippen LogP contribution is -2.16. The molecule has 0 aliphatic carbocycles. The average Bonchev–Trinajstić information content (AvgIpc) is 2.95. The monoisotopic (exact) mass is 417 g/mol. The average molecular weight is 418 g/mol. The van der Waals surface area contributed by atoms with E-state index in [0.29, 0.717) is 17.1 Å². The fourth-order valence-electron chi connectivity index (χ4n) is 2.31. The fraction of sp³-hybridized carbons (Fsp3) is 0.125. The van der Waals surface area contributed by atoms with Crippen molar-refractivity contribution < 1.29 is 26.3 Å². The maximum absolute atomic E-state index is 12.3. The summed E-state index contributed by atoms with van der Waals surface area (Å²) in [6, 6.07) is 7.94. The van der Waals surface area contributed by atoms with E-state index in [2.05, 4.69) is 14.7 Å². The SMILES string of the molecule is CS(=O)(=O)c1ccc(-n2cnc(Cl)c2-c2ccc(OC(F)(F)F)cc2)nc1. The van der Waals surface area contributed by atoms with Crippen molar-refractivity contribution in [3.05, 3.63) is 54.1 Å². The van der Waals surface area contributed by atoms with Gasteiger partial charge in [-0.15, -0.1) is 13.2 Å². The summed E-state index contributed by atoms with van der Waals surface area (Å²) in [5.74, 6) is -0.0310. The number of halogens is 4. The number of benzene rings is 1. The predicted molar refractivity (Wildman–Crippen MR) is 91.6 cm³/mol. The maximum atomic E-state index is 12.3. The molecule has 27 heavy (non-hydrogen) atoms. The second-order valence-electron chi connectivity index (χ2n) is 5.45. The summed E-state index contributed by atoms with van der Waals surface area (Å²) in [5.41, 5.74) is 0.857. The first-order valence-electron chi connectivity index (χ1n) is 7.30. The number of hydrogen-bond donors (Lipinski definition) is 0. The van der Waals surface area contributed by atoms with Crippen LogP contribution in [0.4, 0.5) is 13.2 Å².